The van der Waals surface area contributed by atoms with Crippen molar-refractivity contribution < 1.29 is 0 Å². The average Bonchev–Trinajstić information content (AvgIpc) is 3.29. The highest BCUT2D eigenvalue weighted by Crippen LogP contribution is 2.42. The van der Waals surface area contributed by atoms with Gasteiger partial charge in [0, 0.05) is 22.1 Å². The van der Waals surface area contributed by atoms with Crippen molar-refractivity contribution in [2.75, 3.05) is 0 Å². The predicted octanol–water partition coefficient (Wildman–Crippen LogP) is 14.5. The maximum Gasteiger partial charge on any atom is 0.0728 e. The maximum absolute atomic E-state index is 5.40. The summed E-state index contributed by atoms with van der Waals surface area (Å²) >= 11 is 0. The molecule has 8 aromatic carbocycles. The Morgan fingerprint density at radius 2 is 0.661 bits per heavy atom. The molecule has 2 heterocycles. The number of benzene rings is 8. The van der Waals surface area contributed by atoms with E-state index in [2.05, 4.69) is 218 Å². The molecule has 0 unspecified atom stereocenters. The van der Waals surface area contributed by atoms with E-state index >= 15 is 0 Å². The molecule has 2 heteroatoms. The van der Waals surface area contributed by atoms with Crippen LogP contribution in [-0.4, -0.2) is 9.97 Å². The molecule has 0 saturated heterocycles. The van der Waals surface area contributed by atoms with Crippen LogP contribution in [0.1, 0.15) is 0 Å². The Morgan fingerprint density at radius 1 is 0.232 bits per heavy atom. The molecule has 0 spiro atoms. The van der Waals surface area contributed by atoms with E-state index in [1.807, 2.05) is 0 Å². The van der Waals surface area contributed by atoms with Gasteiger partial charge in [0.2, 0.25) is 0 Å². The van der Waals surface area contributed by atoms with Gasteiger partial charge in [0.1, 0.15) is 0 Å². The molecule has 0 amide bonds. The van der Waals surface area contributed by atoms with Crippen LogP contribution in [-0.2, 0) is 0 Å². The van der Waals surface area contributed by atoms with Crippen molar-refractivity contribution in [1.82, 2.24) is 9.97 Å². The normalized spacial score (nSPS) is 11.2. The van der Waals surface area contributed by atoms with E-state index < -0.39 is 0 Å². The summed E-state index contributed by atoms with van der Waals surface area (Å²) in [5, 5.41) is 3.49. The Balaban J connectivity index is 1.24. The summed E-state index contributed by atoms with van der Waals surface area (Å²) in [5.41, 5.74) is 16.2. The highest BCUT2D eigenvalue weighted by Gasteiger charge is 2.18. The molecule has 0 saturated carbocycles. The minimum atomic E-state index is 0.917. The molecule has 0 radical (unpaired) electrons. The fourth-order valence-corrected chi connectivity index (χ4v) is 7.90. The lowest BCUT2D eigenvalue weighted by molar-refractivity contribution is 1.32. The zero-order valence-electron chi connectivity index (χ0n) is 30.7. The minimum absolute atomic E-state index is 0.917. The largest absolute Gasteiger partial charge is 0.248 e. The van der Waals surface area contributed by atoms with Crippen LogP contribution in [0.2, 0.25) is 0 Å². The molecule has 0 bridgehead atoms. The molecule has 0 aliphatic heterocycles. The van der Waals surface area contributed by atoms with Crippen molar-refractivity contribution in [2.24, 2.45) is 0 Å². The second kappa shape index (κ2) is 14.4. The first-order chi connectivity index (χ1) is 27.7. The van der Waals surface area contributed by atoms with Crippen molar-refractivity contribution in [3.63, 3.8) is 0 Å². The standard InChI is InChI=1S/C54H36N2/c1-5-17-37(18-6-1)41-25-15-27-43(31-41)50-33-45(34-51(55-50)44-28-16-26-42(32-44)38-19-7-2-8-20-38)48-35-53-54(47-30-14-13-29-46(47)48)49(39-21-9-3-10-22-39)36-52(56-53)40-23-11-4-12-24-40/h1-36H. The summed E-state index contributed by atoms with van der Waals surface area (Å²) in [6, 6.07) is 77.5. The van der Waals surface area contributed by atoms with Crippen LogP contribution in [0.5, 0.6) is 0 Å². The molecule has 0 N–H and O–H groups in total. The Kier molecular flexibility index (Phi) is 8.55. The van der Waals surface area contributed by atoms with E-state index in [4.69, 9.17) is 9.97 Å². The first-order valence-electron chi connectivity index (χ1n) is 19.1. The van der Waals surface area contributed by atoms with Crippen LogP contribution in [0.25, 0.3) is 100.0 Å². The van der Waals surface area contributed by atoms with Gasteiger partial charge in [-0.2, -0.15) is 0 Å². The maximum atomic E-state index is 5.40. The van der Waals surface area contributed by atoms with E-state index in [-0.39, 0.29) is 0 Å². The third kappa shape index (κ3) is 6.34. The van der Waals surface area contributed by atoms with Gasteiger partial charge >= 0.3 is 0 Å². The van der Waals surface area contributed by atoms with Gasteiger partial charge in [0.15, 0.2) is 0 Å². The molecule has 0 aliphatic rings. The highest BCUT2D eigenvalue weighted by molar-refractivity contribution is 6.18. The summed E-state index contributed by atoms with van der Waals surface area (Å²) in [4.78, 5) is 10.8. The van der Waals surface area contributed by atoms with E-state index in [1.165, 1.54) is 33.0 Å². The van der Waals surface area contributed by atoms with Crippen molar-refractivity contribution in [3.05, 3.63) is 218 Å². The Labute approximate surface area is 327 Å². The van der Waals surface area contributed by atoms with Gasteiger partial charge in [0.25, 0.3) is 0 Å². The fraction of sp³-hybridized carbons (Fsp3) is 0. The van der Waals surface area contributed by atoms with Crippen molar-refractivity contribution in [1.29, 1.82) is 0 Å². The lowest BCUT2D eigenvalue weighted by Gasteiger charge is -2.17. The van der Waals surface area contributed by atoms with Crippen LogP contribution in [0.15, 0.2) is 218 Å². The monoisotopic (exact) mass is 712 g/mol. The van der Waals surface area contributed by atoms with Gasteiger partial charge in [-0.3, -0.25) is 0 Å². The molecule has 2 nitrogen and oxygen atoms in total. The second-order valence-corrected chi connectivity index (χ2v) is 14.2. The summed E-state index contributed by atoms with van der Waals surface area (Å²) in [7, 11) is 0. The summed E-state index contributed by atoms with van der Waals surface area (Å²) in [6.45, 7) is 0. The minimum Gasteiger partial charge on any atom is -0.248 e. The molecule has 10 rings (SSSR count). The number of pyridine rings is 2. The zero-order chi connectivity index (χ0) is 37.3. The summed E-state index contributed by atoms with van der Waals surface area (Å²) in [5.74, 6) is 0. The van der Waals surface area contributed by atoms with Crippen LogP contribution in [0.4, 0.5) is 0 Å². The number of hydrogen-bond acceptors (Lipinski definition) is 2. The van der Waals surface area contributed by atoms with Gasteiger partial charge < -0.3 is 0 Å². The van der Waals surface area contributed by atoms with E-state index in [1.54, 1.807) is 0 Å². The van der Waals surface area contributed by atoms with Crippen LogP contribution in [0.3, 0.4) is 0 Å². The van der Waals surface area contributed by atoms with E-state index in [9.17, 15) is 0 Å². The molecule has 10 aromatic rings. The number of rotatable bonds is 7. The molecule has 2 aromatic heterocycles. The number of nitrogens with zero attached hydrogens (tertiary/aromatic N) is 2. The molecule has 0 aliphatic carbocycles. The lowest BCUT2D eigenvalue weighted by atomic mass is 9.89. The predicted molar refractivity (Wildman–Crippen MR) is 235 cm³/mol. The average molecular weight is 713 g/mol. The molecule has 0 atom stereocenters. The molecule has 56 heavy (non-hydrogen) atoms. The summed E-state index contributed by atoms with van der Waals surface area (Å²) in [6.07, 6.45) is 0. The molecular weight excluding hydrogens is 677 g/mol. The zero-order valence-corrected chi connectivity index (χ0v) is 30.7. The number of hydrogen-bond donors (Lipinski definition) is 0. The topological polar surface area (TPSA) is 25.8 Å². The number of aromatic nitrogens is 2. The second-order valence-electron chi connectivity index (χ2n) is 14.2. The van der Waals surface area contributed by atoms with Crippen LogP contribution >= 0.6 is 0 Å². The molecule has 262 valence electrons. The van der Waals surface area contributed by atoms with Gasteiger partial charge in [-0.25, -0.2) is 9.97 Å². The highest BCUT2D eigenvalue weighted by atomic mass is 14.7. The number of fused-ring (bicyclic) bond motifs is 3. The van der Waals surface area contributed by atoms with Gasteiger partial charge in [-0.15, -0.1) is 0 Å². The first-order valence-corrected chi connectivity index (χ1v) is 19.1. The molecular formula is C54H36N2. The van der Waals surface area contributed by atoms with Gasteiger partial charge in [-0.1, -0.05) is 182 Å². The van der Waals surface area contributed by atoms with E-state index in [0.29, 0.717) is 0 Å². The quantitative estimate of drug-likeness (QED) is 0.154. The fourth-order valence-electron chi connectivity index (χ4n) is 7.90. The smallest absolute Gasteiger partial charge is 0.0728 e. The Morgan fingerprint density at radius 3 is 1.21 bits per heavy atom. The van der Waals surface area contributed by atoms with Crippen LogP contribution < -0.4 is 0 Å². The first kappa shape index (κ1) is 33.2. The third-order valence-electron chi connectivity index (χ3n) is 10.6. The van der Waals surface area contributed by atoms with Crippen molar-refractivity contribution in [2.45, 2.75) is 0 Å². The Hall–Kier alpha value is -7.42. The van der Waals surface area contributed by atoms with E-state index in [0.717, 1.165) is 66.9 Å². The van der Waals surface area contributed by atoms with Crippen LogP contribution in [0, 0.1) is 0 Å². The summed E-state index contributed by atoms with van der Waals surface area (Å²) < 4.78 is 0. The van der Waals surface area contributed by atoms with Crippen molar-refractivity contribution in [3.8, 4) is 78.3 Å². The SMILES string of the molecule is c1ccc(-c2cccc(-c3cc(-c4cc5nc(-c6ccccc6)cc(-c6ccccc6)c5c5ccccc45)cc(-c4cccc(-c5ccccc5)c4)n3)c2)cc1. The van der Waals surface area contributed by atoms with Gasteiger partial charge in [-0.05, 0) is 91.7 Å². The van der Waals surface area contributed by atoms with Crippen molar-refractivity contribution >= 4 is 21.7 Å². The van der Waals surface area contributed by atoms with Gasteiger partial charge in [0.05, 0.1) is 22.6 Å². The Bertz CT molecular complexity index is 2890. The third-order valence-corrected chi connectivity index (χ3v) is 10.6. The lowest BCUT2D eigenvalue weighted by Crippen LogP contribution is -1.95. The molecule has 0 fully saturated rings.